The Labute approximate surface area is 139 Å². The van der Waals surface area contributed by atoms with Crippen LogP contribution in [0.25, 0.3) is 0 Å². The largest absolute Gasteiger partial charge is 0.497 e. The molecular formula is C16H14N2O5S. The molecule has 0 bridgehead atoms. The molecular weight excluding hydrogens is 332 g/mol. The molecule has 0 saturated heterocycles. The van der Waals surface area contributed by atoms with Crippen molar-refractivity contribution in [3.63, 3.8) is 0 Å². The van der Waals surface area contributed by atoms with Crippen molar-refractivity contribution in [2.75, 3.05) is 13.4 Å². The van der Waals surface area contributed by atoms with Gasteiger partial charge in [-0.15, -0.1) is 0 Å². The molecule has 0 saturated carbocycles. The molecule has 0 unspecified atom stereocenters. The van der Waals surface area contributed by atoms with E-state index < -0.39 is 15.9 Å². The number of nitriles is 1. The third kappa shape index (κ3) is 4.47. The monoisotopic (exact) mass is 346 g/mol. The second-order valence-electron chi connectivity index (χ2n) is 4.81. The van der Waals surface area contributed by atoms with Crippen molar-refractivity contribution >= 4 is 15.9 Å². The average Bonchev–Trinajstić information content (AvgIpc) is 2.53. The SMILES string of the molecule is COc1cccc(Oc2ccc(C(=O)NS(C)(=O)=O)cc2C#N)c1. The molecule has 1 N–H and O–H groups in total. The smallest absolute Gasteiger partial charge is 0.264 e. The highest BCUT2D eigenvalue weighted by atomic mass is 32.2. The molecule has 2 aromatic rings. The molecule has 2 aromatic carbocycles. The highest BCUT2D eigenvalue weighted by Gasteiger charge is 2.14. The van der Waals surface area contributed by atoms with Gasteiger partial charge in [0.25, 0.3) is 5.91 Å². The summed E-state index contributed by atoms with van der Waals surface area (Å²) in [7, 11) is -2.16. The Morgan fingerprint density at radius 3 is 2.50 bits per heavy atom. The van der Waals surface area contributed by atoms with Crippen LogP contribution in [0.2, 0.25) is 0 Å². The molecule has 1 amide bonds. The van der Waals surface area contributed by atoms with Crippen LogP contribution < -0.4 is 14.2 Å². The number of sulfonamides is 1. The maximum Gasteiger partial charge on any atom is 0.264 e. The van der Waals surface area contributed by atoms with E-state index in [-0.39, 0.29) is 16.9 Å². The first-order valence-corrected chi connectivity index (χ1v) is 8.59. The second-order valence-corrected chi connectivity index (χ2v) is 6.56. The van der Waals surface area contributed by atoms with E-state index in [2.05, 4.69) is 0 Å². The normalized spacial score (nSPS) is 10.5. The zero-order valence-corrected chi connectivity index (χ0v) is 13.8. The highest BCUT2D eigenvalue weighted by Crippen LogP contribution is 2.28. The highest BCUT2D eigenvalue weighted by molar-refractivity contribution is 7.89. The fourth-order valence-corrected chi connectivity index (χ4v) is 2.32. The topological polar surface area (TPSA) is 105 Å². The van der Waals surface area contributed by atoms with E-state index >= 15 is 0 Å². The summed E-state index contributed by atoms with van der Waals surface area (Å²) in [6.07, 6.45) is 0.871. The van der Waals surface area contributed by atoms with Crippen LogP contribution in [0.15, 0.2) is 42.5 Å². The number of hydrogen-bond acceptors (Lipinski definition) is 6. The number of hydrogen-bond donors (Lipinski definition) is 1. The minimum Gasteiger partial charge on any atom is -0.497 e. The Balaban J connectivity index is 2.29. The minimum absolute atomic E-state index is 0.0370. The third-order valence-corrected chi connectivity index (χ3v) is 3.47. The van der Waals surface area contributed by atoms with Crippen LogP contribution in [-0.4, -0.2) is 27.7 Å². The van der Waals surface area contributed by atoms with Crippen molar-refractivity contribution in [2.45, 2.75) is 0 Å². The summed E-state index contributed by atoms with van der Waals surface area (Å²) in [6.45, 7) is 0. The standard InChI is InChI=1S/C16H14N2O5S/c1-22-13-4-3-5-14(9-13)23-15-7-6-11(8-12(15)10-17)16(19)18-24(2,20)21/h3-9H,1-2H3,(H,18,19). The van der Waals surface area contributed by atoms with Crippen molar-refractivity contribution in [1.29, 1.82) is 5.26 Å². The quantitative estimate of drug-likeness (QED) is 0.888. The van der Waals surface area contributed by atoms with Gasteiger partial charge in [0.05, 0.1) is 18.9 Å². The molecule has 2 rings (SSSR count). The van der Waals surface area contributed by atoms with Gasteiger partial charge in [0.2, 0.25) is 10.0 Å². The number of benzene rings is 2. The lowest BCUT2D eigenvalue weighted by Gasteiger charge is -2.10. The maximum absolute atomic E-state index is 11.8. The van der Waals surface area contributed by atoms with E-state index in [1.54, 1.807) is 24.3 Å². The minimum atomic E-state index is -3.69. The first kappa shape index (κ1) is 17.3. The van der Waals surface area contributed by atoms with Crippen LogP contribution in [0.5, 0.6) is 17.2 Å². The van der Waals surface area contributed by atoms with Crippen molar-refractivity contribution in [3.8, 4) is 23.3 Å². The third-order valence-electron chi connectivity index (χ3n) is 2.91. The molecule has 0 spiro atoms. The van der Waals surface area contributed by atoms with Crippen LogP contribution >= 0.6 is 0 Å². The number of amides is 1. The number of rotatable bonds is 5. The molecule has 0 fully saturated rings. The molecule has 0 aliphatic carbocycles. The molecule has 24 heavy (non-hydrogen) atoms. The molecule has 0 aliphatic heterocycles. The van der Waals surface area contributed by atoms with E-state index in [9.17, 15) is 18.5 Å². The van der Waals surface area contributed by atoms with Gasteiger partial charge in [-0.25, -0.2) is 13.1 Å². The molecule has 0 atom stereocenters. The first-order valence-electron chi connectivity index (χ1n) is 6.70. The number of nitrogens with one attached hydrogen (secondary N) is 1. The van der Waals surface area contributed by atoms with Gasteiger partial charge >= 0.3 is 0 Å². The Kier molecular flexibility index (Phi) is 5.06. The number of carbonyl (C=O) groups excluding carboxylic acids is 1. The van der Waals surface area contributed by atoms with Gasteiger partial charge in [0.1, 0.15) is 23.3 Å². The lowest BCUT2D eigenvalue weighted by atomic mass is 10.1. The summed E-state index contributed by atoms with van der Waals surface area (Å²) in [4.78, 5) is 11.8. The van der Waals surface area contributed by atoms with E-state index in [1.165, 1.54) is 25.3 Å². The lowest BCUT2D eigenvalue weighted by Crippen LogP contribution is -2.29. The van der Waals surface area contributed by atoms with Gasteiger partial charge in [-0.2, -0.15) is 5.26 Å². The fraction of sp³-hybridized carbons (Fsp3) is 0.125. The zero-order chi connectivity index (χ0) is 17.7. The Hall–Kier alpha value is -3.05. The summed E-state index contributed by atoms with van der Waals surface area (Å²) >= 11 is 0. The molecule has 0 aliphatic rings. The molecule has 0 heterocycles. The zero-order valence-electron chi connectivity index (χ0n) is 12.9. The predicted octanol–water partition coefficient (Wildman–Crippen LogP) is 2.05. The second kappa shape index (κ2) is 7.02. The van der Waals surface area contributed by atoms with Crippen molar-refractivity contribution < 1.29 is 22.7 Å². The molecule has 0 radical (unpaired) electrons. The lowest BCUT2D eigenvalue weighted by molar-refractivity contribution is 0.0981. The van der Waals surface area contributed by atoms with E-state index in [1.807, 2.05) is 10.8 Å². The molecule has 8 heteroatoms. The number of methoxy groups -OCH3 is 1. The van der Waals surface area contributed by atoms with Gasteiger partial charge in [0, 0.05) is 11.6 Å². The fourth-order valence-electron chi connectivity index (χ4n) is 1.87. The average molecular weight is 346 g/mol. The van der Waals surface area contributed by atoms with Gasteiger partial charge in [0.15, 0.2) is 0 Å². The number of carbonyl (C=O) groups is 1. The Bertz CT molecular complexity index is 916. The van der Waals surface area contributed by atoms with Gasteiger partial charge in [-0.3, -0.25) is 4.79 Å². The summed E-state index contributed by atoms with van der Waals surface area (Å²) in [5.74, 6) is 0.470. The summed E-state index contributed by atoms with van der Waals surface area (Å²) < 4.78 is 34.8. The number of ether oxygens (including phenoxy) is 2. The summed E-state index contributed by atoms with van der Waals surface area (Å²) in [6, 6.07) is 12.8. The van der Waals surface area contributed by atoms with Gasteiger partial charge < -0.3 is 9.47 Å². The van der Waals surface area contributed by atoms with Crippen LogP contribution in [0.1, 0.15) is 15.9 Å². The Morgan fingerprint density at radius 2 is 1.88 bits per heavy atom. The van der Waals surface area contributed by atoms with E-state index in [4.69, 9.17) is 9.47 Å². The molecule has 0 aromatic heterocycles. The first-order chi connectivity index (χ1) is 11.3. The number of nitrogens with zero attached hydrogens (tertiary/aromatic N) is 1. The van der Waals surface area contributed by atoms with E-state index in [0.717, 1.165) is 6.26 Å². The van der Waals surface area contributed by atoms with Crippen molar-refractivity contribution in [3.05, 3.63) is 53.6 Å². The van der Waals surface area contributed by atoms with E-state index in [0.29, 0.717) is 11.5 Å². The van der Waals surface area contributed by atoms with Crippen LogP contribution in [-0.2, 0) is 10.0 Å². The van der Waals surface area contributed by atoms with Crippen molar-refractivity contribution in [2.24, 2.45) is 0 Å². The van der Waals surface area contributed by atoms with Crippen molar-refractivity contribution in [1.82, 2.24) is 4.72 Å². The maximum atomic E-state index is 11.8. The predicted molar refractivity (Wildman–Crippen MR) is 86.5 cm³/mol. The molecule has 124 valence electrons. The molecule has 7 nitrogen and oxygen atoms in total. The summed E-state index contributed by atoms with van der Waals surface area (Å²) in [5.41, 5.74) is 0.133. The van der Waals surface area contributed by atoms with Crippen LogP contribution in [0.4, 0.5) is 0 Å². The van der Waals surface area contributed by atoms with Crippen LogP contribution in [0.3, 0.4) is 0 Å². The van der Waals surface area contributed by atoms with Gasteiger partial charge in [-0.05, 0) is 30.3 Å². The van der Waals surface area contributed by atoms with Crippen LogP contribution in [0, 0.1) is 11.3 Å². The Morgan fingerprint density at radius 1 is 1.17 bits per heavy atom. The summed E-state index contributed by atoms with van der Waals surface area (Å²) in [5, 5.41) is 9.23. The van der Waals surface area contributed by atoms with Gasteiger partial charge in [-0.1, -0.05) is 6.07 Å².